The van der Waals surface area contributed by atoms with Crippen LogP contribution in [0.15, 0.2) is 72.4 Å². The Morgan fingerprint density at radius 3 is 2.69 bits per heavy atom. The smallest absolute Gasteiger partial charge is 0.225 e. The molecule has 1 heterocycles. The summed E-state index contributed by atoms with van der Waals surface area (Å²) in [5.41, 5.74) is 0.768. The summed E-state index contributed by atoms with van der Waals surface area (Å²) < 4.78 is 21.1. The van der Waals surface area contributed by atoms with Gasteiger partial charge in [0, 0.05) is 24.4 Å². The molecule has 0 fully saturated rings. The molecule has 0 aliphatic heterocycles. The van der Waals surface area contributed by atoms with Crippen molar-refractivity contribution in [3.8, 4) is 5.75 Å². The minimum atomic E-state index is -0.429. The van der Waals surface area contributed by atoms with E-state index in [-0.39, 0.29) is 18.3 Å². The second-order valence-corrected chi connectivity index (χ2v) is 7.09. The third-order valence-corrected chi connectivity index (χ3v) is 4.88. The summed E-state index contributed by atoms with van der Waals surface area (Å²) in [5, 5.41) is 11.8. The Morgan fingerprint density at radius 2 is 1.93 bits per heavy atom. The van der Waals surface area contributed by atoms with Crippen molar-refractivity contribution in [2.45, 2.75) is 24.7 Å². The van der Waals surface area contributed by atoms with Crippen molar-refractivity contribution in [2.75, 3.05) is 11.1 Å². The molecule has 1 N–H and O–H groups in total. The molecular formula is C21H21FN4O2S. The number of benzene rings is 2. The SMILES string of the molecule is C=CCn1c(COc2ccccc2F)nnc1SCCC(=O)Nc1ccccc1. The summed E-state index contributed by atoms with van der Waals surface area (Å²) in [4.78, 5) is 12.1. The number of nitrogens with zero attached hydrogens (tertiary/aromatic N) is 3. The molecule has 0 saturated carbocycles. The third kappa shape index (κ3) is 5.92. The number of amides is 1. The highest BCUT2D eigenvalue weighted by molar-refractivity contribution is 7.99. The van der Waals surface area contributed by atoms with Gasteiger partial charge in [0.25, 0.3) is 0 Å². The largest absolute Gasteiger partial charge is 0.483 e. The van der Waals surface area contributed by atoms with Crippen molar-refractivity contribution < 1.29 is 13.9 Å². The predicted molar refractivity (Wildman–Crippen MR) is 111 cm³/mol. The molecule has 6 nitrogen and oxygen atoms in total. The van der Waals surface area contributed by atoms with Gasteiger partial charge in [-0.15, -0.1) is 16.8 Å². The molecule has 1 amide bonds. The lowest BCUT2D eigenvalue weighted by atomic mass is 10.3. The van der Waals surface area contributed by atoms with E-state index in [4.69, 9.17) is 4.74 Å². The molecule has 0 atom stereocenters. The average Bonchev–Trinajstić information content (AvgIpc) is 3.10. The lowest BCUT2D eigenvalue weighted by Gasteiger charge is -2.09. The Balaban J connectivity index is 1.56. The first-order valence-corrected chi connectivity index (χ1v) is 10.0. The highest BCUT2D eigenvalue weighted by Crippen LogP contribution is 2.21. The number of rotatable bonds is 10. The summed E-state index contributed by atoms with van der Waals surface area (Å²) in [6.45, 7) is 4.32. The minimum absolute atomic E-state index is 0.0680. The number of carbonyl (C=O) groups is 1. The Labute approximate surface area is 172 Å². The zero-order chi connectivity index (χ0) is 20.5. The highest BCUT2D eigenvalue weighted by atomic mass is 32.2. The number of nitrogens with one attached hydrogen (secondary N) is 1. The molecule has 150 valence electrons. The number of halogens is 1. The molecular weight excluding hydrogens is 391 g/mol. The van der Waals surface area contributed by atoms with Crippen LogP contribution >= 0.6 is 11.8 Å². The van der Waals surface area contributed by atoms with Gasteiger partial charge in [0.1, 0.15) is 6.61 Å². The summed E-state index contributed by atoms with van der Waals surface area (Å²) in [6.07, 6.45) is 2.06. The number of para-hydroxylation sites is 2. The number of thioether (sulfide) groups is 1. The van der Waals surface area contributed by atoms with Crippen LogP contribution in [0.1, 0.15) is 12.2 Å². The van der Waals surface area contributed by atoms with Crippen LogP contribution in [0.2, 0.25) is 0 Å². The molecule has 0 unspecified atom stereocenters. The molecule has 1 aromatic heterocycles. The summed E-state index contributed by atoms with van der Waals surface area (Å²) in [5.74, 6) is 0.766. The molecule has 0 spiro atoms. The van der Waals surface area contributed by atoms with E-state index < -0.39 is 5.82 Å². The fraction of sp³-hybridized carbons (Fsp3) is 0.190. The average molecular weight is 412 g/mol. The summed E-state index contributed by atoms with van der Waals surface area (Å²) in [6, 6.07) is 15.5. The quantitative estimate of drug-likeness (QED) is 0.397. The van der Waals surface area contributed by atoms with Crippen molar-refractivity contribution in [1.29, 1.82) is 0 Å². The zero-order valence-electron chi connectivity index (χ0n) is 15.8. The van der Waals surface area contributed by atoms with Gasteiger partial charge in [-0.25, -0.2) is 4.39 Å². The van der Waals surface area contributed by atoms with E-state index in [9.17, 15) is 9.18 Å². The highest BCUT2D eigenvalue weighted by Gasteiger charge is 2.14. The van der Waals surface area contributed by atoms with Gasteiger partial charge in [0.2, 0.25) is 5.91 Å². The predicted octanol–water partition coefficient (Wildman–Crippen LogP) is 4.30. The number of ether oxygens (including phenoxy) is 1. The van der Waals surface area contributed by atoms with Crippen molar-refractivity contribution >= 4 is 23.4 Å². The van der Waals surface area contributed by atoms with Gasteiger partial charge in [-0.2, -0.15) is 0 Å². The van der Waals surface area contributed by atoms with Crippen molar-refractivity contribution in [3.63, 3.8) is 0 Å². The number of allylic oxidation sites excluding steroid dienone is 1. The fourth-order valence-electron chi connectivity index (χ4n) is 2.53. The molecule has 0 radical (unpaired) electrons. The van der Waals surface area contributed by atoms with Gasteiger partial charge in [-0.3, -0.25) is 9.36 Å². The fourth-order valence-corrected chi connectivity index (χ4v) is 3.43. The van der Waals surface area contributed by atoms with Crippen LogP contribution in [0.25, 0.3) is 0 Å². The number of hydrogen-bond acceptors (Lipinski definition) is 5. The lowest BCUT2D eigenvalue weighted by Crippen LogP contribution is -2.12. The van der Waals surface area contributed by atoms with E-state index >= 15 is 0 Å². The maximum atomic E-state index is 13.7. The summed E-state index contributed by atoms with van der Waals surface area (Å²) >= 11 is 1.42. The normalized spacial score (nSPS) is 10.5. The summed E-state index contributed by atoms with van der Waals surface area (Å²) in [7, 11) is 0. The van der Waals surface area contributed by atoms with Gasteiger partial charge in [0.15, 0.2) is 22.5 Å². The molecule has 0 aliphatic rings. The molecule has 3 rings (SSSR count). The second kappa shape index (κ2) is 10.4. The third-order valence-electron chi connectivity index (χ3n) is 3.92. The van der Waals surface area contributed by atoms with Gasteiger partial charge in [-0.1, -0.05) is 48.2 Å². The van der Waals surface area contributed by atoms with Crippen LogP contribution in [0, 0.1) is 5.82 Å². The van der Waals surface area contributed by atoms with Crippen LogP contribution in [0.4, 0.5) is 10.1 Å². The first-order chi connectivity index (χ1) is 14.2. The van der Waals surface area contributed by atoms with Crippen LogP contribution in [-0.2, 0) is 17.9 Å². The van der Waals surface area contributed by atoms with Crippen LogP contribution < -0.4 is 10.1 Å². The maximum Gasteiger partial charge on any atom is 0.225 e. The van der Waals surface area contributed by atoms with E-state index in [1.54, 1.807) is 24.3 Å². The number of carbonyl (C=O) groups excluding carboxylic acids is 1. The second-order valence-electron chi connectivity index (χ2n) is 6.03. The molecule has 29 heavy (non-hydrogen) atoms. The van der Waals surface area contributed by atoms with Crippen LogP contribution in [0.5, 0.6) is 5.75 Å². The Hall–Kier alpha value is -3.13. The van der Waals surface area contributed by atoms with E-state index in [0.29, 0.717) is 29.7 Å². The topological polar surface area (TPSA) is 69.0 Å². The van der Waals surface area contributed by atoms with Crippen molar-refractivity contribution in [3.05, 3.63) is 78.9 Å². The van der Waals surface area contributed by atoms with E-state index in [1.165, 1.54) is 17.8 Å². The molecule has 2 aromatic carbocycles. The number of anilines is 1. The molecule has 3 aromatic rings. The van der Waals surface area contributed by atoms with Gasteiger partial charge in [-0.05, 0) is 24.3 Å². The zero-order valence-corrected chi connectivity index (χ0v) is 16.6. The Kier molecular flexibility index (Phi) is 7.40. The van der Waals surface area contributed by atoms with Gasteiger partial charge >= 0.3 is 0 Å². The van der Waals surface area contributed by atoms with Gasteiger partial charge in [0.05, 0.1) is 0 Å². The van der Waals surface area contributed by atoms with Crippen molar-refractivity contribution in [2.24, 2.45) is 0 Å². The minimum Gasteiger partial charge on any atom is -0.483 e. The van der Waals surface area contributed by atoms with Gasteiger partial charge < -0.3 is 10.1 Å². The van der Waals surface area contributed by atoms with E-state index in [1.807, 2.05) is 34.9 Å². The Morgan fingerprint density at radius 1 is 1.17 bits per heavy atom. The monoisotopic (exact) mass is 412 g/mol. The molecule has 0 aliphatic carbocycles. The van der Waals surface area contributed by atoms with E-state index in [0.717, 1.165) is 5.69 Å². The molecule has 0 bridgehead atoms. The lowest BCUT2D eigenvalue weighted by molar-refractivity contribution is -0.115. The standard InChI is InChI=1S/C21H21FN4O2S/c1-2-13-26-19(15-28-18-11-7-6-10-17(18)22)24-25-21(26)29-14-12-20(27)23-16-8-4-3-5-9-16/h2-11H,1,12-15H2,(H,23,27). The first-order valence-electron chi connectivity index (χ1n) is 9.05. The van der Waals surface area contributed by atoms with Crippen LogP contribution in [-0.4, -0.2) is 26.4 Å². The number of hydrogen-bond donors (Lipinski definition) is 1. The first kappa shape index (κ1) is 20.6. The Bertz CT molecular complexity index is 962. The van der Waals surface area contributed by atoms with Crippen LogP contribution in [0.3, 0.4) is 0 Å². The van der Waals surface area contributed by atoms with E-state index in [2.05, 4.69) is 22.1 Å². The number of aromatic nitrogens is 3. The maximum absolute atomic E-state index is 13.7. The van der Waals surface area contributed by atoms with Crippen molar-refractivity contribution in [1.82, 2.24) is 14.8 Å². The molecule has 0 saturated heterocycles. The molecule has 8 heteroatoms.